The normalized spacial score (nSPS) is 16.5. The van der Waals surface area contributed by atoms with Crippen molar-refractivity contribution >= 4 is 17.4 Å². The van der Waals surface area contributed by atoms with Crippen LogP contribution in [0.1, 0.15) is 58.6 Å². The average molecular weight is 498 g/mol. The van der Waals surface area contributed by atoms with Crippen molar-refractivity contribution in [3.63, 3.8) is 0 Å². The molecule has 2 amide bonds. The van der Waals surface area contributed by atoms with E-state index in [-0.39, 0.29) is 12.1 Å². The fourth-order valence-corrected chi connectivity index (χ4v) is 6.96. The maximum absolute atomic E-state index is 13.9. The minimum Gasteiger partial charge on any atom is -0.494 e. The number of amides is 2. The molecule has 0 radical (unpaired) electrons. The summed E-state index contributed by atoms with van der Waals surface area (Å²) in [6.07, 6.45) is 6.86. The zero-order valence-electron chi connectivity index (χ0n) is 20.6. The molecule has 2 aromatic heterocycles. The molecule has 0 bridgehead atoms. The molecular weight excluding hydrogens is 466 g/mol. The fraction of sp³-hybridized carbons (Fsp3) is 0.300. The minimum absolute atomic E-state index is 0.0537. The van der Waals surface area contributed by atoms with E-state index in [4.69, 9.17) is 4.74 Å². The molecule has 36 heavy (non-hydrogen) atoms. The number of rotatable bonds is 5. The fourth-order valence-electron chi connectivity index (χ4n) is 5.55. The Hall–Kier alpha value is -3.51. The lowest BCUT2D eigenvalue weighted by atomic mass is 9.95. The van der Waals surface area contributed by atoms with Gasteiger partial charge < -0.3 is 19.5 Å². The number of aryl methyl sites for hydroxylation is 1. The number of hydrogen-bond acceptors (Lipinski definition) is 3. The van der Waals surface area contributed by atoms with Gasteiger partial charge in [-0.05, 0) is 73.6 Å². The largest absolute Gasteiger partial charge is 0.494 e. The highest BCUT2D eigenvalue weighted by Crippen LogP contribution is 2.44. The van der Waals surface area contributed by atoms with Crippen LogP contribution in [0.3, 0.4) is 0 Å². The van der Waals surface area contributed by atoms with Gasteiger partial charge >= 0.3 is 6.03 Å². The van der Waals surface area contributed by atoms with Crippen molar-refractivity contribution in [3.8, 4) is 10.8 Å². The first-order chi connectivity index (χ1) is 17.7. The maximum atomic E-state index is 13.9. The number of thiophene rings is 1. The Morgan fingerprint density at radius 3 is 2.75 bits per heavy atom. The van der Waals surface area contributed by atoms with E-state index in [2.05, 4.69) is 40.3 Å². The Morgan fingerprint density at radius 1 is 1.03 bits per heavy atom. The van der Waals surface area contributed by atoms with E-state index in [1.54, 1.807) is 0 Å². The Kier molecular flexibility index (Phi) is 6.28. The Morgan fingerprint density at radius 2 is 1.89 bits per heavy atom. The molecule has 0 fully saturated rings. The highest BCUT2D eigenvalue weighted by atomic mass is 32.1. The molecule has 6 rings (SSSR count). The summed E-state index contributed by atoms with van der Waals surface area (Å²) >= 11 is 1.91. The van der Waals surface area contributed by atoms with Crippen molar-refractivity contribution < 1.29 is 9.53 Å². The number of hydrogen-bond donors (Lipinski definition) is 1. The van der Waals surface area contributed by atoms with E-state index in [0.717, 1.165) is 35.4 Å². The van der Waals surface area contributed by atoms with Gasteiger partial charge in [-0.2, -0.15) is 0 Å². The third-order valence-electron chi connectivity index (χ3n) is 7.21. The lowest BCUT2D eigenvalue weighted by molar-refractivity contribution is 0.180. The van der Waals surface area contributed by atoms with Gasteiger partial charge in [0, 0.05) is 23.2 Å². The van der Waals surface area contributed by atoms with Crippen LogP contribution in [0.4, 0.5) is 4.79 Å². The lowest BCUT2D eigenvalue weighted by Gasteiger charge is -2.31. The molecule has 1 N–H and O–H groups in total. The van der Waals surface area contributed by atoms with Crippen molar-refractivity contribution in [1.29, 1.82) is 0 Å². The molecule has 2 aromatic carbocycles. The van der Waals surface area contributed by atoms with E-state index in [0.29, 0.717) is 19.7 Å². The Labute approximate surface area is 216 Å². The zero-order valence-corrected chi connectivity index (χ0v) is 21.4. The van der Waals surface area contributed by atoms with E-state index in [9.17, 15) is 4.79 Å². The summed E-state index contributed by atoms with van der Waals surface area (Å²) in [7, 11) is 0. The molecule has 4 aromatic rings. The van der Waals surface area contributed by atoms with Crippen molar-refractivity contribution in [2.45, 2.75) is 51.7 Å². The number of nitrogens with one attached hydrogen (secondary N) is 1. The first kappa shape index (κ1) is 22.9. The molecule has 0 spiro atoms. The number of carbonyl (C=O) groups is 1. The third-order valence-corrected chi connectivity index (χ3v) is 8.54. The van der Waals surface area contributed by atoms with Crippen LogP contribution in [-0.4, -0.2) is 22.1 Å². The number of aromatic nitrogens is 1. The van der Waals surface area contributed by atoms with Gasteiger partial charge in [0.15, 0.2) is 0 Å². The highest BCUT2D eigenvalue weighted by molar-refractivity contribution is 7.15. The van der Waals surface area contributed by atoms with Crippen LogP contribution < -0.4 is 10.1 Å². The molecule has 1 atom stereocenters. The summed E-state index contributed by atoms with van der Waals surface area (Å²) in [5, 5.41) is 4.48. The molecule has 6 heteroatoms. The molecule has 1 aliphatic heterocycles. The van der Waals surface area contributed by atoms with Crippen LogP contribution >= 0.6 is 11.3 Å². The quantitative estimate of drug-likeness (QED) is 0.336. The summed E-state index contributed by atoms with van der Waals surface area (Å²) in [5.41, 5.74) is 6.03. The SMILES string of the molecule is CCOc1cccc([C@@H]2c3cccn3-c3sc4c(c3CN2C(=O)NCc2ccccc2)CCCC4)c1. The molecule has 2 aliphatic rings. The van der Waals surface area contributed by atoms with E-state index in [1.165, 1.54) is 33.8 Å². The standard InChI is InChI=1S/C30H31N3O2S/c1-2-35-23-13-8-12-22(18-23)28-26-15-9-17-32(26)29-25(24-14-6-7-16-27(24)36-29)20-33(28)30(34)31-19-21-10-4-3-5-11-21/h3-5,8-13,15,17-18,28H,2,6-7,14,16,19-20H2,1H3,(H,31,34)/t28-/m1/s1. The van der Waals surface area contributed by atoms with Crippen molar-refractivity contribution in [3.05, 3.63) is 106 Å². The molecule has 0 saturated carbocycles. The Balaban J connectivity index is 1.44. The lowest BCUT2D eigenvalue weighted by Crippen LogP contribution is -2.41. The smallest absolute Gasteiger partial charge is 0.318 e. The summed E-state index contributed by atoms with van der Waals surface area (Å²) in [4.78, 5) is 17.4. The summed E-state index contributed by atoms with van der Waals surface area (Å²) in [5.74, 6) is 0.828. The van der Waals surface area contributed by atoms with Gasteiger partial charge in [0.05, 0.1) is 24.9 Å². The highest BCUT2D eigenvalue weighted by Gasteiger charge is 2.36. The predicted molar refractivity (Wildman–Crippen MR) is 144 cm³/mol. The van der Waals surface area contributed by atoms with Crippen LogP contribution in [0.15, 0.2) is 72.9 Å². The molecule has 0 saturated heterocycles. The second-order valence-corrected chi connectivity index (χ2v) is 10.6. The van der Waals surface area contributed by atoms with Gasteiger partial charge in [-0.1, -0.05) is 42.5 Å². The number of ether oxygens (including phenoxy) is 1. The first-order valence-electron chi connectivity index (χ1n) is 12.8. The molecule has 3 heterocycles. The van der Waals surface area contributed by atoms with Gasteiger partial charge in [0.25, 0.3) is 0 Å². The third kappa shape index (κ3) is 4.20. The average Bonchev–Trinajstić information content (AvgIpc) is 3.50. The molecule has 5 nitrogen and oxygen atoms in total. The van der Waals surface area contributed by atoms with Crippen LogP contribution in [0, 0.1) is 0 Å². The van der Waals surface area contributed by atoms with Crippen LogP contribution in [0.2, 0.25) is 0 Å². The summed E-state index contributed by atoms with van der Waals surface area (Å²) < 4.78 is 8.16. The van der Waals surface area contributed by atoms with Crippen molar-refractivity contribution in [1.82, 2.24) is 14.8 Å². The first-order valence-corrected chi connectivity index (χ1v) is 13.7. The van der Waals surface area contributed by atoms with Gasteiger partial charge in [-0.3, -0.25) is 0 Å². The number of nitrogens with zero attached hydrogens (tertiary/aromatic N) is 2. The van der Waals surface area contributed by atoms with Gasteiger partial charge in [0.1, 0.15) is 10.8 Å². The molecule has 1 aliphatic carbocycles. The Bertz CT molecular complexity index is 1370. The van der Waals surface area contributed by atoms with Crippen LogP contribution in [0.5, 0.6) is 5.75 Å². The summed E-state index contributed by atoms with van der Waals surface area (Å²) in [6, 6.07) is 22.3. The second kappa shape index (κ2) is 9.86. The van der Waals surface area contributed by atoms with E-state index < -0.39 is 0 Å². The second-order valence-electron chi connectivity index (χ2n) is 9.48. The van der Waals surface area contributed by atoms with Crippen LogP contribution in [0.25, 0.3) is 5.00 Å². The number of fused-ring (bicyclic) bond motifs is 5. The van der Waals surface area contributed by atoms with Crippen molar-refractivity contribution in [2.75, 3.05) is 6.61 Å². The number of urea groups is 1. The minimum atomic E-state index is -0.227. The van der Waals surface area contributed by atoms with Gasteiger partial charge in [-0.15, -0.1) is 11.3 Å². The molecule has 184 valence electrons. The number of benzene rings is 2. The monoisotopic (exact) mass is 497 g/mol. The van der Waals surface area contributed by atoms with Crippen molar-refractivity contribution in [2.24, 2.45) is 0 Å². The predicted octanol–water partition coefficient (Wildman–Crippen LogP) is 6.63. The van der Waals surface area contributed by atoms with E-state index >= 15 is 0 Å². The zero-order chi connectivity index (χ0) is 24.5. The van der Waals surface area contributed by atoms with E-state index in [1.807, 2.05) is 65.6 Å². The summed E-state index contributed by atoms with van der Waals surface area (Å²) in [6.45, 7) is 3.69. The maximum Gasteiger partial charge on any atom is 0.318 e. The molecular formula is C30H31N3O2S. The number of carbonyl (C=O) groups excluding carboxylic acids is 1. The topological polar surface area (TPSA) is 46.5 Å². The van der Waals surface area contributed by atoms with Gasteiger partial charge in [-0.25, -0.2) is 4.79 Å². The van der Waals surface area contributed by atoms with Crippen LogP contribution in [-0.2, 0) is 25.9 Å². The molecule has 0 unspecified atom stereocenters. The van der Waals surface area contributed by atoms with Gasteiger partial charge in [0.2, 0.25) is 0 Å².